The summed E-state index contributed by atoms with van der Waals surface area (Å²) >= 11 is 0. The summed E-state index contributed by atoms with van der Waals surface area (Å²) in [5.74, 6) is -2.22. The van der Waals surface area contributed by atoms with Crippen molar-refractivity contribution in [3.8, 4) is 11.5 Å². The van der Waals surface area contributed by atoms with E-state index in [-0.39, 0.29) is 67.4 Å². The fraction of sp³-hybridized carbons (Fsp3) is 0.393. The second-order valence-corrected chi connectivity index (χ2v) is 10.5. The number of pyridine rings is 1. The Bertz CT molecular complexity index is 1650. The highest BCUT2D eigenvalue weighted by Gasteiger charge is 2.53. The zero-order chi connectivity index (χ0) is 29.9. The van der Waals surface area contributed by atoms with E-state index in [4.69, 9.17) is 14.2 Å². The average Bonchev–Trinajstić information content (AvgIpc) is 3.53. The fourth-order valence-electron chi connectivity index (χ4n) is 5.82. The molecule has 3 aliphatic rings. The molecule has 3 N–H and O–H groups in total. The molecular formula is C28H27F2N3O9. The summed E-state index contributed by atoms with van der Waals surface area (Å²) in [5, 5.41) is 29.8. The van der Waals surface area contributed by atoms with Gasteiger partial charge in [-0.15, -0.1) is 0 Å². The molecule has 14 heteroatoms. The molecular weight excluding hydrogens is 560 g/mol. The standard InChI is InChI=1S/C28H27F2N3O9/c1-2-31-10-19(25(36)37)23(35)18-7-20(29)22-24(21(18)31)40-12-15-8-28(39,13-33(15)22)26(30)41-16-5-3-14(4-6-16)32-9-17(11-34)42-27(32)38/h3-7,10,15,17,26,34,39H,2,8-9,11-13H2,1H3,(H,36,37)/t15-,17+,26?,28-/m0/s1. The van der Waals surface area contributed by atoms with Gasteiger partial charge in [0.1, 0.15) is 29.7 Å². The second kappa shape index (κ2) is 10.1. The number of amides is 1. The zero-order valence-corrected chi connectivity index (χ0v) is 22.3. The van der Waals surface area contributed by atoms with Crippen molar-refractivity contribution in [2.24, 2.45) is 0 Å². The van der Waals surface area contributed by atoms with Gasteiger partial charge in [-0.05, 0) is 37.3 Å². The highest BCUT2D eigenvalue weighted by atomic mass is 19.1. The highest BCUT2D eigenvalue weighted by molar-refractivity contribution is 5.97. The molecule has 3 aromatic rings. The van der Waals surface area contributed by atoms with Crippen LogP contribution in [0.2, 0.25) is 0 Å². The number of hydrogen-bond acceptors (Lipinski definition) is 9. The molecule has 3 aliphatic heterocycles. The van der Waals surface area contributed by atoms with Crippen molar-refractivity contribution in [1.29, 1.82) is 0 Å². The van der Waals surface area contributed by atoms with Gasteiger partial charge in [0, 0.05) is 24.8 Å². The number of cyclic esters (lactones) is 1. The first-order valence-electron chi connectivity index (χ1n) is 13.3. The number of aromatic nitrogens is 1. The van der Waals surface area contributed by atoms with Crippen LogP contribution in [-0.2, 0) is 11.3 Å². The van der Waals surface area contributed by atoms with Crippen molar-refractivity contribution in [3.63, 3.8) is 0 Å². The molecule has 42 heavy (non-hydrogen) atoms. The van der Waals surface area contributed by atoms with Crippen molar-refractivity contribution in [2.45, 2.75) is 44.0 Å². The minimum atomic E-state index is -2.22. The van der Waals surface area contributed by atoms with Crippen LogP contribution in [0.3, 0.4) is 0 Å². The maximum Gasteiger partial charge on any atom is 0.414 e. The number of carbonyl (C=O) groups is 2. The molecule has 2 fully saturated rings. The number of aliphatic hydroxyl groups excluding tert-OH is 1. The monoisotopic (exact) mass is 587 g/mol. The van der Waals surface area contributed by atoms with Gasteiger partial charge in [-0.3, -0.25) is 9.69 Å². The molecule has 0 aliphatic carbocycles. The molecule has 2 saturated heterocycles. The first-order chi connectivity index (χ1) is 20.0. The van der Waals surface area contributed by atoms with Crippen LogP contribution in [0.25, 0.3) is 10.9 Å². The summed E-state index contributed by atoms with van der Waals surface area (Å²) in [5.41, 5.74) is -2.82. The minimum absolute atomic E-state index is 0.0113. The lowest BCUT2D eigenvalue weighted by atomic mass is 10.0. The van der Waals surface area contributed by atoms with Crippen molar-refractivity contribution in [2.75, 3.05) is 36.1 Å². The average molecular weight is 588 g/mol. The van der Waals surface area contributed by atoms with Crippen LogP contribution >= 0.6 is 0 Å². The molecule has 1 unspecified atom stereocenters. The van der Waals surface area contributed by atoms with Gasteiger partial charge in [0.15, 0.2) is 17.2 Å². The van der Waals surface area contributed by atoms with Gasteiger partial charge in [0.2, 0.25) is 5.43 Å². The van der Waals surface area contributed by atoms with Crippen molar-refractivity contribution >= 4 is 34.3 Å². The number of nitrogens with zero attached hydrogens (tertiary/aromatic N) is 3. The minimum Gasteiger partial charge on any atom is -0.487 e. The summed E-state index contributed by atoms with van der Waals surface area (Å²) in [6.45, 7) is 1.43. The number of anilines is 2. The van der Waals surface area contributed by atoms with Gasteiger partial charge in [-0.2, -0.15) is 4.39 Å². The third kappa shape index (κ3) is 4.38. The molecule has 1 aromatic heterocycles. The van der Waals surface area contributed by atoms with E-state index >= 15 is 8.78 Å². The number of carbonyl (C=O) groups excluding carboxylic acids is 1. The number of rotatable bonds is 7. The maximum atomic E-state index is 15.6. The fourth-order valence-corrected chi connectivity index (χ4v) is 5.82. The second-order valence-electron chi connectivity index (χ2n) is 10.5. The number of hydrogen-bond donors (Lipinski definition) is 3. The first-order valence-corrected chi connectivity index (χ1v) is 13.3. The third-order valence-corrected chi connectivity index (χ3v) is 7.88. The predicted molar refractivity (Wildman–Crippen MR) is 144 cm³/mol. The summed E-state index contributed by atoms with van der Waals surface area (Å²) in [6.07, 6.45) is -2.46. The Morgan fingerprint density at radius 1 is 1.26 bits per heavy atom. The van der Waals surface area contributed by atoms with E-state index in [1.54, 1.807) is 6.92 Å². The number of aromatic carboxylic acids is 1. The largest absolute Gasteiger partial charge is 0.487 e. The van der Waals surface area contributed by atoms with E-state index in [0.29, 0.717) is 5.69 Å². The molecule has 1 amide bonds. The Morgan fingerprint density at radius 3 is 2.64 bits per heavy atom. The third-order valence-electron chi connectivity index (χ3n) is 7.88. The van der Waals surface area contributed by atoms with Crippen molar-refractivity contribution in [3.05, 3.63) is 58.1 Å². The molecule has 0 saturated carbocycles. The molecule has 4 heterocycles. The van der Waals surface area contributed by atoms with Gasteiger partial charge in [0.25, 0.3) is 6.36 Å². The van der Waals surface area contributed by atoms with Crippen LogP contribution in [0.1, 0.15) is 23.7 Å². The van der Waals surface area contributed by atoms with E-state index in [2.05, 4.69) is 0 Å². The summed E-state index contributed by atoms with van der Waals surface area (Å²) in [4.78, 5) is 39.2. The summed E-state index contributed by atoms with van der Waals surface area (Å²) in [6, 6.07) is 6.21. The highest BCUT2D eigenvalue weighted by Crippen LogP contribution is 2.47. The molecule has 0 radical (unpaired) electrons. The van der Waals surface area contributed by atoms with Crippen LogP contribution in [0.15, 0.2) is 41.3 Å². The number of fused-ring (bicyclic) bond motifs is 5. The molecule has 4 atom stereocenters. The lowest BCUT2D eigenvalue weighted by Gasteiger charge is -2.34. The molecule has 2 aromatic carbocycles. The Balaban J connectivity index is 1.26. The topological polar surface area (TPSA) is 151 Å². The van der Waals surface area contributed by atoms with Crippen LogP contribution in [0.5, 0.6) is 11.5 Å². The summed E-state index contributed by atoms with van der Waals surface area (Å²) in [7, 11) is 0. The molecule has 222 valence electrons. The lowest BCUT2D eigenvalue weighted by molar-refractivity contribution is -0.113. The molecule has 6 rings (SSSR count). The van der Waals surface area contributed by atoms with Crippen molar-refractivity contribution in [1.82, 2.24) is 4.57 Å². The number of ether oxygens (including phenoxy) is 3. The number of aliphatic hydroxyl groups is 2. The van der Waals surface area contributed by atoms with Gasteiger partial charge in [0.05, 0.1) is 36.6 Å². The number of halogens is 2. The van der Waals surface area contributed by atoms with E-state index < -0.39 is 53.0 Å². The van der Waals surface area contributed by atoms with Crippen LogP contribution in [0, 0.1) is 5.82 Å². The number of benzene rings is 2. The van der Waals surface area contributed by atoms with Crippen molar-refractivity contribution < 1.29 is 47.9 Å². The Kier molecular flexibility index (Phi) is 6.69. The zero-order valence-electron chi connectivity index (χ0n) is 22.3. The van der Waals surface area contributed by atoms with Gasteiger partial charge >= 0.3 is 12.1 Å². The Labute approximate surface area is 236 Å². The molecule has 0 spiro atoms. The summed E-state index contributed by atoms with van der Waals surface area (Å²) < 4.78 is 48.9. The van der Waals surface area contributed by atoms with Crippen LogP contribution in [-0.4, -0.2) is 82.4 Å². The number of alkyl halides is 1. The van der Waals surface area contributed by atoms with Gasteiger partial charge < -0.3 is 39.0 Å². The van der Waals surface area contributed by atoms with Gasteiger partial charge in [-0.25, -0.2) is 14.0 Å². The smallest absolute Gasteiger partial charge is 0.414 e. The predicted octanol–water partition coefficient (Wildman–Crippen LogP) is 2.25. The molecule has 0 bridgehead atoms. The number of carboxylic acids is 1. The SMILES string of the molecule is CCn1cc(C(=O)O)c(=O)c2cc(F)c3c(c21)OC[C@@H]1C[C@@](O)(C(F)Oc2ccc(N4C[C@H](CO)OC4=O)cc2)CN31. The van der Waals surface area contributed by atoms with E-state index in [1.807, 2.05) is 0 Å². The van der Waals surface area contributed by atoms with E-state index in [0.717, 1.165) is 6.07 Å². The maximum absolute atomic E-state index is 15.6. The molecule has 12 nitrogen and oxygen atoms in total. The van der Waals surface area contributed by atoms with Gasteiger partial charge in [-0.1, -0.05) is 0 Å². The van der Waals surface area contributed by atoms with Crippen LogP contribution < -0.4 is 24.7 Å². The van der Waals surface area contributed by atoms with E-state index in [1.165, 1.54) is 44.8 Å². The Hall–Kier alpha value is -4.43. The Morgan fingerprint density at radius 2 is 2.00 bits per heavy atom. The quantitative estimate of drug-likeness (QED) is 0.376. The first kappa shape index (κ1) is 27.7. The normalized spacial score (nSPS) is 23.8. The van der Waals surface area contributed by atoms with Crippen LogP contribution in [0.4, 0.5) is 25.0 Å². The lowest BCUT2D eigenvalue weighted by Crippen LogP contribution is -2.45. The number of carboxylic acid groups (broad SMARTS) is 1. The van der Waals surface area contributed by atoms with E-state index in [9.17, 15) is 29.7 Å². The number of aryl methyl sites for hydroxylation is 1.